The lowest BCUT2D eigenvalue weighted by Crippen LogP contribution is -2.35. The number of carbonyl (C=O) groups excluding carboxylic acids is 1. The van der Waals surface area contributed by atoms with Crippen LogP contribution in [0.15, 0.2) is 41.5 Å². The van der Waals surface area contributed by atoms with Gasteiger partial charge in [0.2, 0.25) is 5.91 Å². The summed E-state index contributed by atoms with van der Waals surface area (Å²) in [5.74, 6) is -1.82. The van der Waals surface area contributed by atoms with E-state index in [-0.39, 0.29) is 42.6 Å². The number of likely N-dealkylation sites (tertiary alicyclic amines) is 1. The Bertz CT molecular complexity index is 1310. The molecule has 3 aromatic rings. The van der Waals surface area contributed by atoms with E-state index in [1.807, 2.05) is 19.0 Å². The van der Waals surface area contributed by atoms with E-state index in [1.165, 1.54) is 21.7 Å². The molecule has 1 unspecified atom stereocenters. The van der Waals surface area contributed by atoms with Crippen LogP contribution in [0.25, 0.3) is 22.0 Å². The van der Waals surface area contributed by atoms with Crippen molar-refractivity contribution in [2.24, 2.45) is 0 Å². The number of halogens is 5. The highest BCUT2D eigenvalue weighted by Gasteiger charge is 2.34. The molecule has 3 heterocycles. The zero-order valence-electron chi connectivity index (χ0n) is 19.3. The third-order valence-electron chi connectivity index (χ3n) is 6.17. The van der Waals surface area contributed by atoms with Gasteiger partial charge in [-0.2, -0.15) is 13.2 Å². The number of aromatic nitrogens is 2. The highest BCUT2D eigenvalue weighted by molar-refractivity contribution is 5.95. The fourth-order valence-electron chi connectivity index (χ4n) is 4.28. The van der Waals surface area contributed by atoms with E-state index in [1.54, 1.807) is 16.8 Å². The number of fused-ring (bicyclic) bond motifs is 1. The number of hydrogen-bond acceptors (Lipinski definition) is 3. The summed E-state index contributed by atoms with van der Waals surface area (Å²) in [6.45, 7) is 0.962. The largest absolute Gasteiger partial charge is 0.419 e. The lowest BCUT2D eigenvalue weighted by Gasteiger charge is -2.16. The summed E-state index contributed by atoms with van der Waals surface area (Å²) in [5.41, 5.74) is -1.26. The molecule has 0 saturated carbocycles. The molecule has 1 saturated heterocycles. The van der Waals surface area contributed by atoms with E-state index >= 15 is 0 Å². The fourth-order valence-corrected chi connectivity index (χ4v) is 4.28. The molecule has 0 N–H and O–H groups in total. The van der Waals surface area contributed by atoms with E-state index in [2.05, 4.69) is 0 Å². The average Bonchev–Trinajstić information content (AvgIpc) is 3.38. The predicted octanol–water partition coefficient (Wildman–Crippen LogP) is 3.76. The van der Waals surface area contributed by atoms with E-state index in [0.717, 1.165) is 6.07 Å². The number of likely N-dealkylation sites (N-methyl/N-ethyl adjacent to an activating group) is 1. The van der Waals surface area contributed by atoms with Gasteiger partial charge >= 0.3 is 6.18 Å². The molecule has 1 amide bonds. The molecular weight excluding hydrogens is 471 g/mol. The molecule has 11 heteroatoms. The van der Waals surface area contributed by atoms with Crippen LogP contribution < -0.4 is 5.56 Å². The quantitative estimate of drug-likeness (QED) is 0.489. The first-order valence-electron chi connectivity index (χ1n) is 11.1. The van der Waals surface area contributed by atoms with Crippen LogP contribution in [0.3, 0.4) is 0 Å². The van der Waals surface area contributed by atoms with Gasteiger partial charge in [-0.05, 0) is 44.3 Å². The van der Waals surface area contributed by atoms with Gasteiger partial charge in [-0.25, -0.2) is 8.78 Å². The second kappa shape index (κ2) is 9.44. The number of carbonyl (C=O) groups is 1. The van der Waals surface area contributed by atoms with Crippen molar-refractivity contribution >= 4 is 16.8 Å². The fraction of sp³-hybridized carbons (Fsp3) is 0.417. The summed E-state index contributed by atoms with van der Waals surface area (Å²) in [7, 11) is 3.72. The van der Waals surface area contributed by atoms with Crippen molar-refractivity contribution < 1.29 is 26.7 Å². The van der Waals surface area contributed by atoms with Crippen molar-refractivity contribution in [1.29, 1.82) is 0 Å². The average molecular weight is 496 g/mol. The maximum absolute atomic E-state index is 13.9. The van der Waals surface area contributed by atoms with Crippen LogP contribution >= 0.6 is 0 Å². The van der Waals surface area contributed by atoms with Crippen LogP contribution in [0.4, 0.5) is 22.0 Å². The molecule has 0 spiro atoms. The van der Waals surface area contributed by atoms with Crippen LogP contribution in [0, 0.1) is 5.82 Å². The van der Waals surface area contributed by atoms with E-state index in [0.29, 0.717) is 24.7 Å². The maximum atomic E-state index is 13.9. The molecule has 1 aromatic carbocycles. The molecular formula is C24H25F5N4O2. The zero-order valence-corrected chi connectivity index (χ0v) is 19.3. The van der Waals surface area contributed by atoms with Gasteiger partial charge in [0.1, 0.15) is 18.5 Å². The summed E-state index contributed by atoms with van der Waals surface area (Å²) in [6, 6.07) is 4.24. The lowest BCUT2D eigenvalue weighted by molar-refractivity contribution is -0.140. The number of alkyl halides is 4. The SMILES string of the molecule is CN(C)CCn1cc(-c2ccc(F)c(C(F)(F)F)c2)c2c(=O)n(CC(=O)N3CCC(F)C3)ccc21. The van der Waals surface area contributed by atoms with E-state index in [9.17, 15) is 31.5 Å². The number of rotatable bonds is 6. The van der Waals surface area contributed by atoms with Crippen LogP contribution in [0.1, 0.15) is 12.0 Å². The first kappa shape index (κ1) is 24.9. The number of hydrogen-bond donors (Lipinski definition) is 0. The van der Waals surface area contributed by atoms with Crippen molar-refractivity contribution in [2.45, 2.75) is 31.9 Å². The lowest BCUT2D eigenvalue weighted by atomic mass is 10.0. The van der Waals surface area contributed by atoms with E-state index < -0.39 is 35.2 Å². The summed E-state index contributed by atoms with van der Waals surface area (Å²) < 4.78 is 70.4. The summed E-state index contributed by atoms with van der Waals surface area (Å²) in [5, 5.41) is 0.128. The standard InChI is InChI=1S/C24H25F5N4O2/c1-30(2)9-10-31-13-17(15-3-4-19(26)18(11-15)24(27,28)29)22-20(31)6-8-33(23(22)35)14-21(34)32-7-5-16(25)12-32/h3-4,6,8,11,13,16H,5,7,9-10,12,14H2,1-2H3. The molecule has 0 aliphatic carbocycles. The van der Waals surface area contributed by atoms with Crippen molar-refractivity contribution in [3.05, 3.63) is 58.4 Å². The van der Waals surface area contributed by atoms with Crippen LogP contribution in [0.5, 0.6) is 0 Å². The van der Waals surface area contributed by atoms with Gasteiger partial charge in [0.05, 0.1) is 23.0 Å². The van der Waals surface area contributed by atoms with Crippen LogP contribution in [0.2, 0.25) is 0 Å². The van der Waals surface area contributed by atoms with Crippen molar-refractivity contribution in [3.8, 4) is 11.1 Å². The summed E-state index contributed by atoms with van der Waals surface area (Å²) in [4.78, 5) is 29.3. The van der Waals surface area contributed by atoms with E-state index in [4.69, 9.17) is 0 Å². The molecule has 6 nitrogen and oxygen atoms in total. The predicted molar refractivity (Wildman–Crippen MR) is 121 cm³/mol. The molecule has 188 valence electrons. The third kappa shape index (κ3) is 5.09. The Morgan fingerprint density at radius 3 is 2.54 bits per heavy atom. The number of pyridine rings is 1. The number of nitrogens with zero attached hydrogens (tertiary/aromatic N) is 4. The van der Waals surface area contributed by atoms with Crippen molar-refractivity contribution in [3.63, 3.8) is 0 Å². The molecule has 1 aliphatic rings. The first-order chi connectivity index (χ1) is 16.5. The minimum Gasteiger partial charge on any atom is -0.345 e. The summed E-state index contributed by atoms with van der Waals surface area (Å²) >= 11 is 0. The molecule has 0 bridgehead atoms. The number of benzene rings is 1. The Hall–Kier alpha value is -3.21. The molecule has 1 fully saturated rings. The zero-order chi connectivity index (χ0) is 25.5. The minimum absolute atomic E-state index is 0.0300. The Morgan fingerprint density at radius 1 is 1.17 bits per heavy atom. The Balaban J connectivity index is 1.82. The normalized spacial score (nSPS) is 16.6. The van der Waals surface area contributed by atoms with Gasteiger partial charge in [0.25, 0.3) is 5.56 Å². The monoisotopic (exact) mass is 496 g/mol. The number of amides is 1. The van der Waals surface area contributed by atoms with Crippen molar-refractivity contribution in [2.75, 3.05) is 33.7 Å². The molecule has 1 atom stereocenters. The summed E-state index contributed by atoms with van der Waals surface area (Å²) in [6.07, 6.45) is -2.74. The Morgan fingerprint density at radius 2 is 1.91 bits per heavy atom. The van der Waals surface area contributed by atoms with Crippen LogP contribution in [-0.2, 0) is 24.1 Å². The Labute approximate surface area is 198 Å². The third-order valence-corrected chi connectivity index (χ3v) is 6.17. The highest BCUT2D eigenvalue weighted by atomic mass is 19.4. The first-order valence-corrected chi connectivity index (χ1v) is 11.1. The topological polar surface area (TPSA) is 50.5 Å². The second-order valence-corrected chi connectivity index (χ2v) is 8.97. The minimum atomic E-state index is -4.90. The second-order valence-electron chi connectivity index (χ2n) is 8.97. The molecule has 0 radical (unpaired) electrons. The molecule has 35 heavy (non-hydrogen) atoms. The van der Waals surface area contributed by atoms with Gasteiger partial charge < -0.3 is 18.9 Å². The highest BCUT2D eigenvalue weighted by Crippen LogP contribution is 2.36. The van der Waals surface area contributed by atoms with Gasteiger partial charge in [-0.3, -0.25) is 9.59 Å². The van der Waals surface area contributed by atoms with Gasteiger partial charge in [0, 0.05) is 37.6 Å². The van der Waals surface area contributed by atoms with Crippen LogP contribution in [-0.4, -0.2) is 64.7 Å². The smallest absolute Gasteiger partial charge is 0.345 e. The molecule has 4 rings (SSSR count). The molecule has 2 aromatic heterocycles. The van der Waals surface area contributed by atoms with Gasteiger partial charge in [-0.1, -0.05) is 6.07 Å². The Kier molecular flexibility index (Phi) is 6.72. The van der Waals surface area contributed by atoms with Gasteiger partial charge in [-0.15, -0.1) is 0 Å². The molecule has 1 aliphatic heterocycles. The van der Waals surface area contributed by atoms with Crippen molar-refractivity contribution in [1.82, 2.24) is 18.9 Å². The van der Waals surface area contributed by atoms with Gasteiger partial charge in [0.15, 0.2) is 0 Å². The maximum Gasteiger partial charge on any atom is 0.419 e.